The summed E-state index contributed by atoms with van der Waals surface area (Å²) in [5.41, 5.74) is 1.41. The number of carbonyl (C=O) groups excluding carboxylic acids is 1. The molecule has 2 aromatic rings. The SMILES string of the molecule is COc1ccc(C(=O)N(Cc2ccc(Cl)cc2)C2CCS(=O)(=O)C2)cc1. The van der Waals surface area contributed by atoms with Crippen LogP contribution >= 0.6 is 11.6 Å². The van der Waals surface area contributed by atoms with Gasteiger partial charge in [0, 0.05) is 23.2 Å². The van der Waals surface area contributed by atoms with Gasteiger partial charge in [-0.2, -0.15) is 0 Å². The smallest absolute Gasteiger partial charge is 0.254 e. The summed E-state index contributed by atoms with van der Waals surface area (Å²) >= 11 is 5.93. The van der Waals surface area contributed by atoms with Crippen LogP contribution in [0.15, 0.2) is 48.5 Å². The molecule has 0 spiro atoms. The summed E-state index contributed by atoms with van der Waals surface area (Å²) in [5, 5.41) is 0.616. The average molecular weight is 394 g/mol. The molecular weight excluding hydrogens is 374 g/mol. The first-order valence-corrected chi connectivity index (χ1v) is 10.5. The Morgan fingerprint density at radius 2 is 1.81 bits per heavy atom. The quantitative estimate of drug-likeness (QED) is 0.782. The van der Waals surface area contributed by atoms with E-state index in [1.807, 2.05) is 12.1 Å². The maximum absolute atomic E-state index is 13.1. The lowest BCUT2D eigenvalue weighted by Crippen LogP contribution is -2.40. The van der Waals surface area contributed by atoms with E-state index in [0.717, 1.165) is 5.56 Å². The molecule has 0 radical (unpaired) electrons. The Morgan fingerprint density at radius 1 is 1.15 bits per heavy atom. The molecule has 1 aliphatic rings. The number of sulfone groups is 1. The Labute approximate surface area is 158 Å². The third kappa shape index (κ3) is 4.37. The van der Waals surface area contributed by atoms with E-state index < -0.39 is 9.84 Å². The molecule has 138 valence electrons. The molecule has 0 aliphatic carbocycles. The van der Waals surface area contributed by atoms with Crippen molar-refractivity contribution < 1.29 is 17.9 Å². The maximum atomic E-state index is 13.1. The van der Waals surface area contributed by atoms with Crippen molar-refractivity contribution in [3.63, 3.8) is 0 Å². The molecule has 1 amide bonds. The predicted octanol–water partition coefficient (Wildman–Crippen LogP) is 3.18. The van der Waals surface area contributed by atoms with Crippen LogP contribution in [0.3, 0.4) is 0 Å². The van der Waals surface area contributed by atoms with Gasteiger partial charge < -0.3 is 9.64 Å². The monoisotopic (exact) mass is 393 g/mol. The van der Waals surface area contributed by atoms with Crippen molar-refractivity contribution in [1.82, 2.24) is 4.90 Å². The minimum absolute atomic E-state index is 0.00246. The number of halogens is 1. The molecule has 2 aromatic carbocycles. The highest BCUT2D eigenvalue weighted by Gasteiger charge is 2.35. The van der Waals surface area contributed by atoms with Gasteiger partial charge in [0.2, 0.25) is 0 Å². The Bertz CT molecular complexity index is 879. The highest BCUT2D eigenvalue weighted by Crippen LogP contribution is 2.23. The first-order valence-electron chi connectivity index (χ1n) is 8.28. The van der Waals surface area contributed by atoms with Crippen LogP contribution in [0.1, 0.15) is 22.3 Å². The summed E-state index contributed by atoms with van der Waals surface area (Å²) in [6, 6.07) is 13.7. The molecule has 1 unspecified atom stereocenters. The molecule has 1 heterocycles. The molecule has 0 aromatic heterocycles. The number of hydrogen-bond acceptors (Lipinski definition) is 4. The maximum Gasteiger partial charge on any atom is 0.254 e. The van der Waals surface area contributed by atoms with Crippen molar-refractivity contribution >= 4 is 27.3 Å². The molecule has 5 nitrogen and oxygen atoms in total. The van der Waals surface area contributed by atoms with E-state index in [2.05, 4.69) is 0 Å². The number of rotatable bonds is 5. The Kier molecular flexibility index (Phi) is 5.53. The zero-order chi connectivity index (χ0) is 18.7. The summed E-state index contributed by atoms with van der Waals surface area (Å²) < 4.78 is 29.0. The van der Waals surface area contributed by atoms with Crippen molar-refractivity contribution in [2.75, 3.05) is 18.6 Å². The predicted molar refractivity (Wildman–Crippen MR) is 101 cm³/mol. The fourth-order valence-electron chi connectivity index (χ4n) is 3.07. The van der Waals surface area contributed by atoms with E-state index in [1.54, 1.807) is 48.4 Å². The number of ether oxygens (including phenoxy) is 1. The number of nitrogens with zero attached hydrogens (tertiary/aromatic N) is 1. The minimum Gasteiger partial charge on any atom is -0.497 e. The van der Waals surface area contributed by atoms with Crippen LogP contribution in [-0.2, 0) is 16.4 Å². The van der Waals surface area contributed by atoms with Gasteiger partial charge >= 0.3 is 0 Å². The van der Waals surface area contributed by atoms with Crippen LogP contribution in [0.4, 0.5) is 0 Å². The second kappa shape index (κ2) is 7.68. The zero-order valence-electron chi connectivity index (χ0n) is 14.4. The minimum atomic E-state index is -3.10. The molecule has 7 heteroatoms. The number of amides is 1. The molecule has 0 N–H and O–H groups in total. The van der Waals surface area contributed by atoms with E-state index >= 15 is 0 Å². The lowest BCUT2D eigenvalue weighted by atomic mass is 10.1. The van der Waals surface area contributed by atoms with Crippen LogP contribution < -0.4 is 4.74 Å². The Balaban J connectivity index is 1.88. The first-order chi connectivity index (χ1) is 12.4. The number of methoxy groups -OCH3 is 1. The van der Waals surface area contributed by atoms with Gasteiger partial charge in [-0.15, -0.1) is 0 Å². The fourth-order valence-corrected chi connectivity index (χ4v) is 4.93. The van der Waals surface area contributed by atoms with Gasteiger partial charge in [0.1, 0.15) is 5.75 Å². The van der Waals surface area contributed by atoms with Crippen LogP contribution in [0, 0.1) is 0 Å². The molecule has 1 atom stereocenters. The van der Waals surface area contributed by atoms with Gasteiger partial charge in [-0.05, 0) is 48.4 Å². The van der Waals surface area contributed by atoms with E-state index in [0.29, 0.717) is 29.3 Å². The second-order valence-corrected chi connectivity index (χ2v) is 9.01. The first kappa shape index (κ1) is 18.7. The highest BCUT2D eigenvalue weighted by molar-refractivity contribution is 7.91. The summed E-state index contributed by atoms with van der Waals surface area (Å²) in [4.78, 5) is 14.7. The van der Waals surface area contributed by atoms with Gasteiger partial charge in [0.15, 0.2) is 9.84 Å². The van der Waals surface area contributed by atoms with E-state index in [4.69, 9.17) is 16.3 Å². The average Bonchev–Trinajstić information content (AvgIpc) is 3.00. The van der Waals surface area contributed by atoms with E-state index in [1.165, 1.54) is 0 Å². The zero-order valence-corrected chi connectivity index (χ0v) is 16.0. The topological polar surface area (TPSA) is 63.7 Å². The lowest BCUT2D eigenvalue weighted by Gasteiger charge is -2.28. The molecular formula is C19H20ClNO4S. The highest BCUT2D eigenvalue weighted by atomic mass is 35.5. The molecule has 1 fully saturated rings. The molecule has 0 bridgehead atoms. The fraction of sp³-hybridized carbons (Fsp3) is 0.316. The van der Waals surface area contributed by atoms with E-state index in [9.17, 15) is 13.2 Å². The van der Waals surface area contributed by atoms with Gasteiger partial charge in [-0.25, -0.2) is 8.42 Å². The van der Waals surface area contributed by atoms with Crippen LogP contribution in [0.5, 0.6) is 5.75 Å². The number of benzene rings is 2. The molecule has 1 saturated heterocycles. The standard InChI is InChI=1S/C19H20ClNO4S/c1-25-18-8-4-15(5-9-18)19(22)21(17-10-11-26(23,24)13-17)12-14-2-6-16(20)7-3-14/h2-9,17H,10-13H2,1H3. The van der Waals surface area contributed by atoms with Crippen molar-refractivity contribution in [3.05, 3.63) is 64.7 Å². The van der Waals surface area contributed by atoms with Crippen molar-refractivity contribution in [3.8, 4) is 5.75 Å². The summed E-state index contributed by atoms with van der Waals surface area (Å²) in [5.74, 6) is 0.589. The summed E-state index contributed by atoms with van der Waals surface area (Å²) in [7, 11) is -1.54. The van der Waals surface area contributed by atoms with Crippen LogP contribution in [0.25, 0.3) is 0 Å². The summed E-state index contributed by atoms with van der Waals surface area (Å²) in [6.07, 6.45) is 0.456. The van der Waals surface area contributed by atoms with Gasteiger partial charge in [0.25, 0.3) is 5.91 Å². The third-order valence-electron chi connectivity index (χ3n) is 4.51. The van der Waals surface area contributed by atoms with Crippen LogP contribution in [0.2, 0.25) is 5.02 Å². The van der Waals surface area contributed by atoms with Gasteiger partial charge in [-0.3, -0.25) is 4.79 Å². The van der Waals surface area contributed by atoms with Crippen molar-refractivity contribution in [2.24, 2.45) is 0 Å². The Hall–Kier alpha value is -2.05. The van der Waals surface area contributed by atoms with Crippen molar-refractivity contribution in [2.45, 2.75) is 19.0 Å². The largest absolute Gasteiger partial charge is 0.497 e. The van der Waals surface area contributed by atoms with Gasteiger partial charge in [-0.1, -0.05) is 23.7 Å². The van der Waals surface area contributed by atoms with Gasteiger partial charge in [0.05, 0.1) is 18.6 Å². The molecule has 26 heavy (non-hydrogen) atoms. The number of carbonyl (C=O) groups is 1. The van der Waals surface area contributed by atoms with Crippen molar-refractivity contribution in [1.29, 1.82) is 0 Å². The number of hydrogen-bond donors (Lipinski definition) is 0. The summed E-state index contributed by atoms with van der Waals surface area (Å²) in [6.45, 7) is 0.336. The third-order valence-corrected chi connectivity index (χ3v) is 6.52. The Morgan fingerprint density at radius 3 is 2.35 bits per heavy atom. The van der Waals surface area contributed by atoms with Crippen LogP contribution in [-0.4, -0.2) is 43.9 Å². The van der Waals surface area contributed by atoms with E-state index in [-0.39, 0.29) is 23.5 Å². The molecule has 3 rings (SSSR count). The normalized spacial score (nSPS) is 18.5. The second-order valence-electron chi connectivity index (χ2n) is 6.34. The lowest BCUT2D eigenvalue weighted by molar-refractivity contribution is 0.0681. The molecule has 0 saturated carbocycles. The molecule has 1 aliphatic heterocycles.